The molecule has 0 bridgehead atoms. The maximum atomic E-state index is 13.6. The molecule has 0 aliphatic heterocycles. The van der Waals surface area contributed by atoms with Gasteiger partial charge in [-0.2, -0.15) is 5.10 Å². The van der Waals surface area contributed by atoms with Crippen molar-refractivity contribution in [3.63, 3.8) is 0 Å². The fourth-order valence-corrected chi connectivity index (χ4v) is 3.65. The van der Waals surface area contributed by atoms with E-state index in [9.17, 15) is 18.4 Å². The van der Waals surface area contributed by atoms with Crippen LogP contribution in [0, 0.1) is 11.6 Å². The summed E-state index contributed by atoms with van der Waals surface area (Å²) in [5.41, 5.74) is 2.24. The Bertz CT molecular complexity index is 1370. The molecule has 1 N–H and O–H groups in total. The SMILES string of the molecule is CN(C)CCCn1c(=O)[nH]c2ccc(Cn3nc(-c4cc(F)cc(F)c4)ccc3=O)cc21. The van der Waals surface area contributed by atoms with Gasteiger partial charge in [-0.3, -0.25) is 9.36 Å². The van der Waals surface area contributed by atoms with E-state index < -0.39 is 11.6 Å². The van der Waals surface area contributed by atoms with Crippen molar-refractivity contribution in [2.24, 2.45) is 0 Å². The summed E-state index contributed by atoms with van der Waals surface area (Å²) in [4.78, 5) is 29.6. The third-order valence-corrected chi connectivity index (χ3v) is 5.18. The van der Waals surface area contributed by atoms with Crippen LogP contribution in [-0.2, 0) is 13.1 Å². The van der Waals surface area contributed by atoms with Crippen LogP contribution < -0.4 is 11.2 Å². The molecule has 0 radical (unpaired) electrons. The molecule has 0 fully saturated rings. The largest absolute Gasteiger partial charge is 0.326 e. The van der Waals surface area contributed by atoms with Crippen LogP contribution in [0.25, 0.3) is 22.3 Å². The Morgan fingerprint density at radius 3 is 2.47 bits per heavy atom. The maximum Gasteiger partial charge on any atom is 0.326 e. The molecular formula is C23H23F2N5O2. The third-order valence-electron chi connectivity index (χ3n) is 5.18. The molecule has 2 aromatic carbocycles. The van der Waals surface area contributed by atoms with E-state index in [-0.39, 0.29) is 29.1 Å². The van der Waals surface area contributed by atoms with Gasteiger partial charge in [-0.25, -0.2) is 18.3 Å². The Kier molecular flexibility index (Phi) is 6.00. The molecule has 0 saturated carbocycles. The van der Waals surface area contributed by atoms with Crippen molar-refractivity contribution in [3.8, 4) is 11.3 Å². The number of nitrogens with zero attached hydrogens (tertiary/aromatic N) is 4. The molecule has 7 nitrogen and oxygen atoms in total. The van der Waals surface area contributed by atoms with E-state index in [1.165, 1.54) is 28.9 Å². The molecule has 0 atom stereocenters. The van der Waals surface area contributed by atoms with Gasteiger partial charge in [0.25, 0.3) is 5.56 Å². The number of imidazole rings is 1. The van der Waals surface area contributed by atoms with Gasteiger partial charge in [0.15, 0.2) is 0 Å². The number of fused-ring (bicyclic) bond motifs is 1. The van der Waals surface area contributed by atoms with Crippen LogP contribution in [-0.4, -0.2) is 44.9 Å². The zero-order chi connectivity index (χ0) is 22.8. The lowest BCUT2D eigenvalue weighted by Gasteiger charge is -2.10. The van der Waals surface area contributed by atoms with Gasteiger partial charge in [0.2, 0.25) is 0 Å². The first-order valence-corrected chi connectivity index (χ1v) is 10.2. The summed E-state index contributed by atoms with van der Waals surface area (Å²) in [6, 6.07) is 11.3. The first kappa shape index (κ1) is 21.6. The summed E-state index contributed by atoms with van der Waals surface area (Å²) in [5.74, 6) is -1.44. The molecule has 0 amide bonds. The fourth-order valence-electron chi connectivity index (χ4n) is 3.65. The van der Waals surface area contributed by atoms with Gasteiger partial charge in [-0.1, -0.05) is 6.07 Å². The van der Waals surface area contributed by atoms with Gasteiger partial charge in [-0.15, -0.1) is 0 Å². The van der Waals surface area contributed by atoms with E-state index >= 15 is 0 Å². The fraction of sp³-hybridized carbons (Fsp3) is 0.261. The molecule has 0 saturated heterocycles. The monoisotopic (exact) mass is 439 g/mol. The molecule has 0 aliphatic carbocycles. The van der Waals surface area contributed by atoms with Gasteiger partial charge in [0, 0.05) is 24.2 Å². The summed E-state index contributed by atoms with van der Waals surface area (Å²) in [5, 5.41) is 4.29. The average Bonchev–Trinajstić information content (AvgIpc) is 3.03. The number of aryl methyl sites for hydroxylation is 1. The van der Waals surface area contributed by atoms with Crippen LogP contribution in [0.3, 0.4) is 0 Å². The smallest absolute Gasteiger partial charge is 0.309 e. The third kappa shape index (κ3) is 4.67. The van der Waals surface area contributed by atoms with Crippen molar-refractivity contribution in [1.82, 2.24) is 24.2 Å². The lowest BCUT2D eigenvalue weighted by Crippen LogP contribution is -2.23. The van der Waals surface area contributed by atoms with Gasteiger partial charge in [0.05, 0.1) is 23.3 Å². The lowest BCUT2D eigenvalue weighted by atomic mass is 10.1. The Balaban J connectivity index is 1.66. The Morgan fingerprint density at radius 2 is 1.75 bits per heavy atom. The molecule has 0 unspecified atom stereocenters. The molecule has 0 spiro atoms. The number of aromatic amines is 1. The Morgan fingerprint density at radius 1 is 1.00 bits per heavy atom. The number of benzene rings is 2. The molecule has 2 aromatic heterocycles. The summed E-state index contributed by atoms with van der Waals surface area (Å²) < 4.78 is 30.1. The van der Waals surface area contributed by atoms with Gasteiger partial charge < -0.3 is 9.88 Å². The van der Waals surface area contributed by atoms with E-state index in [4.69, 9.17) is 0 Å². The van der Waals surface area contributed by atoms with Crippen molar-refractivity contribution >= 4 is 11.0 Å². The number of hydrogen-bond acceptors (Lipinski definition) is 4. The quantitative estimate of drug-likeness (QED) is 0.481. The summed E-state index contributed by atoms with van der Waals surface area (Å²) in [7, 11) is 3.96. The second kappa shape index (κ2) is 8.88. The minimum Gasteiger partial charge on any atom is -0.309 e. The molecule has 0 aliphatic rings. The summed E-state index contributed by atoms with van der Waals surface area (Å²) in [6.45, 7) is 1.57. The Hall–Kier alpha value is -3.59. The zero-order valence-corrected chi connectivity index (χ0v) is 17.8. The topological polar surface area (TPSA) is 75.9 Å². The van der Waals surface area contributed by atoms with E-state index in [0.717, 1.165) is 30.1 Å². The van der Waals surface area contributed by atoms with Crippen molar-refractivity contribution < 1.29 is 8.78 Å². The number of H-pyrrole nitrogens is 1. The minimum absolute atomic E-state index is 0.150. The normalized spacial score (nSPS) is 11.5. The first-order chi connectivity index (χ1) is 15.3. The highest BCUT2D eigenvalue weighted by molar-refractivity contribution is 5.76. The van der Waals surface area contributed by atoms with Crippen molar-refractivity contribution in [2.45, 2.75) is 19.5 Å². The van der Waals surface area contributed by atoms with E-state index in [1.807, 2.05) is 26.2 Å². The number of aromatic nitrogens is 4. The summed E-state index contributed by atoms with van der Waals surface area (Å²) in [6.07, 6.45) is 0.817. The molecule has 4 rings (SSSR count). The van der Waals surface area contributed by atoms with E-state index in [0.29, 0.717) is 12.1 Å². The zero-order valence-electron chi connectivity index (χ0n) is 17.8. The number of nitrogens with one attached hydrogen (secondary N) is 1. The minimum atomic E-state index is -0.718. The predicted octanol–water partition coefficient (Wildman–Crippen LogP) is 2.83. The van der Waals surface area contributed by atoms with Crippen LogP contribution in [0.15, 0.2) is 58.1 Å². The average molecular weight is 439 g/mol. The summed E-state index contributed by atoms with van der Waals surface area (Å²) >= 11 is 0. The molecule has 4 aromatic rings. The molecule has 32 heavy (non-hydrogen) atoms. The van der Waals surface area contributed by atoms with Gasteiger partial charge in [0.1, 0.15) is 11.6 Å². The number of halogens is 2. The van der Waals surface area contributed by atoms with Crippen LogP contribution in [0.1, 0.15) is 12.0 Å². The molecular weight excluding hydrogens is 416 g/mol. The lowest BCUT2D eigenvalue weighted by molar-refractivity contribution is 0.386. The van der Waals surface area contributed by atoms with Crippen molar-refractivity contribution in [3.05, 3.63) is 86.6 Å². The van der Waals surface area contributed by atoms with Gasteiger partial charge in [-0.05, 0) is 63.0 Å². The van der Waals surface area contributed by atoms with Gasteiger partial charge >= 0.3 is 5.69 Å². The van der Waals surface area contributed by atoms with Crippen molar-refractivity contribution in [1.29, 1.82) is 0 Å². The predicted molar refractivity (Wildman–Crippen MR) is 119 cm³/mol. The second-order valence-corrected chi connectivity index (χ2v) is 7.96. The standard InChI is InChI=1S/C23H23F2N5O2/c1-28(2)8-3-9-29-21-10-15(4-5-20(21)26-23(29)32)14-30-22(31)7-6-19(27-30)16-11-17(24)13-18(25)12-16/h4-7,10-13H,3,8-9,14H2,1-2H3,(H,26,32). The van der Waals surface area contributed by atoms with Crippen molar-refractivity contribution in [2.75, 3.05) is 20.6 Å². The van der Waals surface area contributed by atoms with Crippen LogP contribution in [0.2, 0.25) is 0 Å². The number of rotatable bonds is 7. The van der Waals surface area contributed by atoms with Crippen LogP contribution in [0.5, 0.6) is 0 Å². The highest BCUT2D eigenvalue weighted by Crippen LogP contribution is 2.19. The maximum absolute atomic E-state index is 13.6. The second-order valence-electron chi connectivity index (χ2n) is 7.96. The molecule has 9 heteroatoms. The van der Waals surface area contributed by atoms with E-state index in [2.05, 4.69) is 15.0 Å². The van der Waals surface area contributed by atoms with Crippen LogP contribution >= 0.6 is 0 Å². The highest BCUT2D eigenvalue weighted by Gasteiger charge is 2.11. The molecule has 166 valence electrons. The highest BCUT2D eigenvalue weighted by atomic mass is 19.1. The van der Waals surface area contributed by atoms with E-state index in [1.54, 1.807) is 10.6 Å². The molecule has 2 heterocycles. The number of hydrogen-bond donors (Lipinski definition) is 1. The first-order valence-electron chi connectivity index (χ1n) is 10.2. The Labute approximate surface area is 182 Å². The van der Waals surface area contributed by atoms with Crippen LogP contribution in [0.4, 0.5) is 8.78 Å².